The molecule has 2 heterocycles. The molecule has 5 nitrogen and oxygen atoms in total. The van der Waals surface area contributed by atoms with Gasteiger partial charge in [-0.3, -0.25) is 4.79 Å². The molecule has 1 saturated carbocycles. The topological polar surface area (TPSA) is 80.9 Å². The van der Waals surface area contributed by atoms with Crippen molar-refractivity contribution in [2.45, 2.75) is 26.2 Å². The van der Waals surface area contributed by atoms with Gasteiger partial charge in [-0.1, -0.05) is 13.3 Å². The quantitative estimate of drug-likeness (QED) is 0.900. The molecule has 0 radical (unpaired) electrons. The highest BCUT2D eigenvalue weighted by molar-refractivity contribution is 7.21. The van der Waals surface area contributed by atoms with Crippen LogP contribution in [0.15, 0.2) is 12.4 Å². The molecule has 0 unspecified atom stereocenters. The van der Waals surface area contributed by atoms with Gasteiger partial charge in [0.05, 0.1) is 5.69 Å². The van der Waals surface area contributed by atoms with Crippen molar-refractivity contribution in [3.05, 3.63) is 17.3 Å². The Kier molecular flexibility index (Phi) is 2.89. The van der Waals surface area contributed by atoms with Crippen LogP contribution in [0.5, 0.6) is 0 Å². The van der Waals surface area contributed by atoms with Crippen LogP contribution in [0.4, 0.5) is 5.69 Å². The molecule has 0 spiro atoms. The normalized spacial score (nSPS) is 17.1. The van der Waals surface area contributed by atoms with Crippen molar-refractivity contribution in [1.82, 2.24) is 15.3 Å². The number of nitrogen functional groups attached to an aromatic ring is 1. The fraction of sp³-hybridized carbons (Fsp3) is 0.462. The van der Waals surface area contributed by atoms with Gasteiger partial charge >= 0.3 is 0 Å². The molecule has 19 heavy (non-hydrogen) atoms. The number of amides is 1. The molecule has 1 amide bonds. The second-order valence-electron chi connectivity index (χ2n) is 5.40. The van der Waals surface area contributed by atoms with Gasteiger partial charge in [-0.25, -0.2) is 9.97 Å². The average Bonchev–Trinajstić information content (AvgIpc) is 2.72. The Bertz CT molecular complexity index is 633. The van der Waals surface area contributed by atoms with Crippen molar-refractivity contribution in [3.8, 4) is 0 Å². The first-order valence-electron chi connectivity index (χ1n) is 6.36. The molecule has 6 heteroatoms. The van der Waals surface area contributed by atoms with Crippen LogP contribution in [0.2, 0.25) is 0 Å². The number of nitrogens with zero attached hydrogens (tertiary/aromatic N) is 2. The lowest BCUT2D eigenvalue weighted by Crippen LogP contribution is -2.39. The van der Waals surface area contributed by atoms with Crippen LogP contribution in [-0.4, -0.2) is 22.4 Å². The maximum atomic E-state index is 12.2. The number of hydrogen-bond acceptors (Lipinski definition) is 5. The predicted octanol–water partition coefficient (Wildman–Crippen LogP) is 2.19. The van der Waals surface area contributed by atoms with Gasteiger partial charge in [-0.15, -0.1) is 11.3 Å². The first-order chi connectivity index (χ1) is 9.09. The Morgan fingerprint density at radius 1 is 1.47 bits per heavy atom. The third kappa shape index (κ3) is 2.16. The van der Waals surface area contributed by atoms with Crippen molar-refractivity contribution in [2.24, 2.45) is 5.41 Å². The molecule has 2 aromatic rings. The molecule has 0 atom stereocenters. The van der Waals surface area contributed by atoms with Crippen LogP contribution in [0.3, 0.4) is 0 Å². The van der Waals surface area contributed by atoms with Crippen molar-refractivity contribution in [1.29, 1.82) is 0 Å². The van der Waals surface area contributed by atoms with Gasteiger partial charge in [0.1, 0.15) is 15.2 Å². The van der Waals surface area contributed by atoms with E-state index in [2.05, 4.69) is 22.2 Å². The molecule has 100 valence electrons. The molecular weight excluding hydrogens is 260 g/mol. The molecule has 0 bridgehead atoms. The van der Waals surface area contributed by atoms with Gasteiger partial charge in [0.25, 0.3) is 5.91 Å². The van der Waals surface area contributed by atoms with E-state index in [4.69, 9.17) is 5.73 Å². The molecule has 1 fully saturated rings. The first-order valence-corrected chi connectivity index (χ1v) is 7.18. The smallest absolute Gasteiger partial charge is 0.263 e. The van der Waals surface area contributed by atoms with Crippen molar-refractivity contribution in [3.63, 3.8) is 0 Å². The standard InChI is InChI=1S/C13H16N4OS/c1-13(3-2-4-13)7-17-11(18)10-8(14)9-12(19-10)16-6-5-15-9/h5-6H,2-4,7,14H2,1H3,(H,17,18). The third-order valence-electron chi connectivity index (χ3n) is 3.81. The molecule has 3 N–H and O–H groups in total. The fourth-order valence-electron chi connectivity index (χ4n) is 2.34. The number of rotatable bonds is 3. The number of fused-ring (bicyclic) bond motifs is 1. The largest absolute Gasteiger partial charge is 0.396 e. The van der Waals surface area contributed by atoms with Gasteiger partial charge in [-0.2, -0.15) is 0 Å². The highest BCUT2D eigenvalue weighted by Gasteiger charge is 2.32. The minimum Gasteiger partial charge on any atom is -0.396 e. The van der Waals surface area contributed by atoms with Gasteiger partial charge < -0.3 is 11.1 Å². The van der Waals surface area contributed by atoms with Gasteiger partial charge in [0.15, 0.2) is 0 Å². The summed E-state index contributed by atoms with van der Waals surface area (Å²) in [6, 6.07) is 0. The molecular formula is C13H16N4OS. The van der Waals surface area contributed by atoms with Crippen LogP contribution in [-0.2, 0) is 0 Å². The van der Waals surface area contributed by atoms with E-state index in [1.54, 1.807) is 12.4 Å². The summed E-state index contributed by atoms with van der Waals surface area (Å²) < 4.78 is 0. The number of nitrogens with two attached hydrogens (primary N) is 1. The van der Waals surface area contributed by atoms with E-state index < -0.39 is 0 Å². The number of nitrogens with one attached hydrogen (secondary N) is 1. The SMILES string of the molecule is CC1(CNC(=O)c2sc3nccnc3c2N)CCC1. The Morgan fingerprint density at radius 2 is 2.21 bits per heavy atom. The van der Waals surface area contributed by atoms with E-state index >= 15 is 0 Å². The van der Waals surface area contributed by atoms with E-state index in [1.165, 1.54) is 30.6 Å². The van der Waals surface area contributed by atoms with E-state index in [-0.39, 0.29) is 11.3 Å². The summed E-state index contributed by atoms with van der Waals surface area (Å²) in [5.74, 6) is -0.115. The monoisotopic (exact) mass is 276 g/mol. The Hall–Kier alpha value is -1.69. The average molecular weight is 276 g/mol. The fourth-order valence-corrected chi connectivity index (χ4v) is 3.28. The van der Waals surface area contributed by atoms with E-state index in [9.17, 15) is 4.79 Å². The van der Waals surface area contributed by atoms with Crippen LogP contribution >= 0.6 is 11.3 Å². The predicted molar refractivity (Wildman–Crippen MR) is 76.1 cm³/mol. The van der Waals surface area contributed by atoms with Crippen LogP contribution < -0.4 is 11.1 Å². The highest BCUT2D eigenvalue weighted by Crippen LogP contribution is 2.39. The lowest BCUT2D eigenvalue weighted by Gasteiger charge is -2.38. The summed E-state index contributed by atoms with van der Waals surface area (Å²) in [4.78, 5) is 21.8. The molecule has 2 aromatic heterocycles. The van der Waals surface area contributed by atoms with Crippen LogP contribution in [0, 0.1) is 5.41 Å². The van der Waals surface area contributed by atoms with Gasteiger partial charge in [0.2, 0.25) is 0 Å². The molecule has 0 aliphatic heterocycles. The first kappa shape index (κ1) is 12.3. The Labute approximate surface area is 115 Å². The van der Waals surface area contributed by atoms with Crippen LogP contribution in [0.25, 0.3) is 10.3 Å². The third-order valence-corrected chi connectivity index (χ3v) is 4.91. The summed E-state index contributed by atoms with van der Waals surface area (Å²) in [6.45, 7) is 2.91. The highest BCUT2D eigenvalue weighted by atomic mass is 32.1. The van der Waals surface area contributed by atoms with Gasteiger partial charge in [0, 0.05) is 18.9 Å². The molecule has 1 aliphatic carbocycles. The van der Waals surface area contributed by atoms with Crippen molar-refractivity contribution < 1.29 is 4.79 Å². The zero-order chi connectivity index (χ0) is 13.5. The lowest BCUT2D eigenvalue weighted by atomic mass is 9.70. The number of carbonyl (C=O) groups excluding carboxylic acids is 1. The zero-order valence-electron chi connectivity index (χ0n) is 10.8. The number of hydrogen-bond donors (Lipinski definition) is 2. The van der Waals surface area contributed by atoms with Gasteiger partial charge in [-0.05, 0) is 18.3 Å². The number of thiophene rings is 1. The summed E-state index contributed by atoms with van der Waals surface area (Å²) >= 11 is 1.30. The second-order valence-corrected chi connectivity index (χ2v) is 6.40. The minimum atomic E-state index is -0.115. The Balaban J connectivity index is 1.79. The van der Waals surface area contributed by atoms with Crippen molar-refractivity contribution >= 4 is 33.3 Å². The molecule has 0 aromatic carbocycles. The van der Waals surface area contributed by atoms with E-state index in [0.717, 1.165) is 0 Å². The molecule has 0 saturated heterocycles. The molecule has 3 rings (SSSR count). The number of carbonyl (C=O) groups is 1. The zero-order valence-corrected chi connectivity index (χ0v) is 11.6. The summed E-state index contributed by atoms with van der Waals surface area (Å²) in [6.07, 6.45) is 6.81. The maximum absolute atomic E-state index is 12.2. The Morgan fingerprint density at radius 3 is 2.84 bits per heavy atom. The second kappa shape index (κ2) is 4.45. The molecule has 1 aliphatic rings. The number of aromatic nitrogens is 2. The summed E-state index contributed by atoms with van der Waals surface area (Å²) in [5.41, 5.74) is 7.29. The lowest BCUT2D eigenvalue weighted by molar-refractivity contribution is 0.0895. The van der Waals surface area contributed by atoms with Crippen molar-refractivity contribution in [2.75, 3.05) is 12.3 Å². The van der Waals surface area contributed by atoms with Crippen LogP contribution in [0.1, 0.15) is 35.9 Å². The summed E-state index contributed by atoms with van der Waals surface area (Å²) in [7, 11) is 0. The van der Waals surface area contributed by atoms with E-state index in [0.29, 0.717) is 27.5 Å². The summed E-state index contributed by atoms with van der Waals surface area (Å²) in [5, 5.41) is 2.98. The minimum absolute atomic E-state index is 0.115. The number of anilines is 1. The van der Waals surface area contributed by atoms with E-state index in [1.807, 2.05) is 0 Å². The maximum Gasteiger partial charge on any atom is 0.263 e.